The minimum absolute atomic E-state index is 0.129. The fourth-order valence-electron chi connectivity index (χ4n) is 1.92. The second kappa shape index (κ2) is 6.04. The molecule has 0 radical (unpaired) electrons. The first-order chi connectivity index (χ1) is 8.58. The standard InChI is InChI=1S/C12H14BrNO3S/c1-8-12(4-5-17-8)18-7-9-2-3-10(13)11(6-9)14(15)16/h2-3,6,8,12H,4-5,7H2,1H3. The van der Waals surface area contributed by atoms with E-state index in [4.69, 9.17) is 4.74 Å². The zero-order valence-corrected chi connectivity index (χ0v) is 12.4. The summed E-state index contributed by atoms with van der Waals surface area (Å²) in [6.07, 6.45) is 1.34. The summed E-state index contributed by atoms with van der Waals surface area (Å²) in [6.45, 7) is 2.90. The van der Waals surface area contributed by atoms with Crippen molar-refractivity contribution in [2.75, 3.05) is 6.61 Å². The quantitative estimate of drug-likeness (QED) is 0.622. The molecular formula is C12H14BrNO3S. The maximum Gasteiger partial charge on any atom is 0.283 e. The maximum atomic E-state index is 10.8. The Morgan fingerprint density at radius 3 is 3.00 bits per heavy atom. The Kier molecular flexibility index (Phi) is 4.64. The minimum atomic E-state index is -0.362. The van der Waals surface area contributed by atoms with Crippen LogP contribution in [-0.4, -0.2) is 22.9 Å². The van der Waals surface area contributed by atoms with E-state index in [0.717, 1.165) is 24.3 Å². The first-order valence-electron chi connectivity index (χ1n) is 5.74. The topological polar surface area (TPSA) is 52.4 Å². The zero-order chi connectivity index (χ0) is 13.1. The first kappa shape index (κ1) is 13.8. The summed E-state index contributed by atoms with van der Waals surface area (Å²) in [7, 11) is 0. The molecule has 98 valence electrons. The number of hydrogen-bond acceptors (Lipinski definition) is 4. The fraction of sp³-hybridized carbons (Fsp3) is 0.500. The number of nitro benzene ring substituents is 1. The molecule has 1 fully saturated rings. The van der Waals surface area contributed by atoms with Crippen LogP contribution in [0, 0.1) is 10.1 Å². The van der Waals surface area contributed by atoms with E-state index in [2.05, 4.69) is 22.9 Å². The molecule has 0 N–H and O–H groups in total. The van der Waals surface area contributed by atoms with Gasteiger partial charge in [0.25, 0.3) is 5.69 Å². The van der Waals surface area contributed by atoms with Crippen LogP contribution >= 0.6 is 27.7 Å². The minimum Gasteiger partial charge on any atom is -0.377 e. The van der Waals surface area contributed by atoms with Crippen LogP contribution in [0.25, 0.3) is 0 Å². The van der Waals surface area contributed by atoms with Gasteiger partial charge < -0.3 is 4.74 Å². The lowest BCUT2D eigenvalue weighted by molar-refractivity contribution is -0.385. The van der Waals surface area contributed by atoms with Crippen molar-refractivity contribution in [3.63, 3.8) is 0 Å². The number of nitro groups is 1. The van der Waals surface area contributed by atoms with Gasteiger partial charge in [-0.3, -0.25) is 10.1 Å². The molecule has 2 rings (SSSR count). The summed E-state index contributed by atoms with van der Waals surface area (Å²) in [6, 6.07) is 5.30. The number of ether oxygens (including phenoxy) is 1. The Hall–Kier alpha value is -0.590. The summed E-state index contributed by atoms with van der Waals surface area (Å²) in [5.74, 6) is 0.784. The lowest BCUT2D eigenvalue weighted by Gasteiger charge is -2.13. The molecule has 0 aromatic heterocycles. The van der Waals surface area contributed by atoms with E-state index in [9.17, 15) is 10.1 Å². The Morgan fingerprint density at radius 1 is 1.61 bits per heavy atom. The molecule has 0 aliphatic carbocycles. The molecule has 1 aliphatic rings. The predicted octanol–water partition coefficient (Wildman–Crippen LogP) is 3.77. The largest absolute Gasteiger partial charge is 0.377 e. The van der Waals surface area contributed by atoms with Crippen molar-refractivity contribution in [2.24, 2.45) is 0 Å². The lowest BCUT2D eigenvalue weighted by atomic mass is 10.2. The summed E-state index contributed by atoms with van der Waals surface area (Å²) in [5, 5.41) is 11.3. The van der Waals surface area contributed by atoms with Crippen LogP contribution in [0.15, 0.2) is 22.7 Å². The van der Waals surface area contributed by atoms with E-state index in [1.165, 1.54) is 0 Å². The number of benzene rings is 1. The molecule has 2 unspecified atom stereocenters. The highest BCUT2D eigenvalue weighted by molar-refractivity contribution is 9.10. The third-order valence-electron chi connectivity index (χ3n) is 2.98. The smallest absolute Gasteiger partial charge is 0.283 e. The van der Waals surface area contributed by atoms with Gasteiger partial charge in [-0.2, -0.15) is 11.8 Å². The average molecular weight is 332 g/mol. The molecule has 1 saturated heterocycles. The summed E-state index contributed by atoms with van der Waals surface area (Å²) in [5.41, 5.74) is 1.11. The highest BCUT2D eigenvalue weighted by Crippen LogP contribution is 2.31. The summed E-state index contributed by atoms with van der Waals surface area (Å²) in [4.78, 5) is 10.5. The van der Waals surface area contributed by atoms with Gasteiger partial charge in [-0.15, -0.1) is 0 Å². The van der Waals surface area contributed by atoms with Crippen molar-refractivity contribution in [2.45, 2.75) is 30.5 Å². The number of thioether (sulfide) groups is 1. The van der Waals surface area contributed by atoms with Crippen LogP contribution in [0.2, 0.25) is 0 Å². The molecule has 1 heterocycles. The molecule has 0 saturated carbocycles. The second-order valence-electron chi connectivity index (χ2n) is 4.26. The normalized spacial score (nSPS) is 23.2. The molecule has 0 amide bonds. The van der Waals surface area contributed by atoms with Crippen molar-refractivity contribution < 1.29 is 9.66 Å². The molecule has 18 heavy (non-hydrogen) atoms. The van der Waals surface area contributed by atoms with Gasteiger partial charge in [-0.1, -0.05) is 6.07 Å². The third kappa shape index (κ3) is 3.24. The molecule has 1 aromatic carbocycles. The second-order valence-corrected chi connectivity index (χ2v) is 6.34. The molecule has 1 aliphatic heterocycles. The molecule has 0 spiro atoms. The lowest BCUT2D eigenvalue weighted by Crippen LogP contribution is -2.13. The van der Waals surface area contributed by atoms with Gasteiger partial charge in [0.2, 0.25) is 0 Å². The van der Waals surface area contributed by atoms with Gasteiger partial charge in [0.05, 0.1) is 15.5 Å². The third-order valence-corrected chi connectivity index (χ3v) is 5.20. The predicted molar refractivity (Wildman–Crippen MR) is 75.9 cm³/mol. The van der Waals surface area contributed by atoms with Gasteiger partial charge in [0.15, 0.2) is 0 Å². The number of nitrogens with zero attached hydrogens (tertiary/aromatic N) is 1. The van der Waals surface area contributed by atoms with Crippen molar-refractivity contribution in [3.05, 3.63) is 38.3 Å². The van der Waals surface area contributed by atoms with Crippen LogP contribution in [0.5, 0.6) is 0 Å². The molecule has 4 nitrogen and oxygen atoms in total. The average Bonchev–Trinajstić information content (AvgIpc) is 2.73. The van der Waals surface area contributed by atoms with Crippen LogP contribution in [0.1, 0.15) is 18.9 Å². The first-order valence-corrected chi connectivity index (χ1v) is 7.58. The highest BCUT2D eigenvalue weighted by atomic mass is 79.9. The van der Waals surface area contributed by atoms with Crippen molar-refractivity contribution >= 4 is 33.4 Å². The van der Waals surface area contributed by atoms with Crippen molar-refractivity contribution in [1.82, 2.24) is 0 Å². The van der Waals surface area contributed by atoms with Gasteiger partial charge in [-0.25, -0.2) is 0 Å². The summed E-state index contributed by atoms with van der Waals surface area (Å²) >= 11 is 5.00. The fourth-order valence-corrected chi connectivity index (χ4v) is 3.51. The molecule has 1 aromatic rings. The van der Waals surface area contributed by atoms with Crippen LogP contribution < -0.4 is 0 Å². The van der Waals surface area contributed by atoms with E-state index in [0.29, 0.717) is 9.72 Å². The van der Waals surface area contributed by atoms with Gasteiger partial charge in [0.1, 0.15) is 0 Å². The monoisotopic (exact) mass is 331 g/mol. The van der Waals surface area contributed by atoms with E-state index >= 15 is 0 Å². The van der Waals surface area contributed by atoms with Gasteiger partial charge >= 0.3 is 0 Å². The van der Waals surface area contributed by atoms with E-state index < -0.39 is 0 Å². The Morgan fingerprint density at radius 2 is 2.39 bits per heavy atom. The van der Waals surface area contributed by atoms with Gasteiger partial charge in [-0.05, 0) is 40.9 Å². The summed E-state index contributed by atoms with van der Waals surface area (Å²) < 4.78 is 6.03. The van der Waals surface area contributed by atoms with E-state index in [1.807, 2.05) is 17.8 Å². The molecule has 6 heteroatoms. The Bertz CT molecular complexity index is 455. The van der Waals surface area contributed by atoms with Gasteiger partial charge in [0, 0.05) is 23.7 Å². The molecular weight excluding hydrogens is 318 g/mol. The zero-order valence-electron chi connectivity index (χ0n) is 9.97. The highest BCUT2D eigenvalue weighted by Gasteiger charge is 2.24. The van der Waals surface area contributed by atoms with Crippen molar-refractivity contribution in [3.8, 4) is 0 Å². The Balaban J connectivity index is 2.01. The molecule has 0 bridgehead atoms. The van der Waals surface area contributed by atoms with E-state index in [-0.39, 0.29) is 16.7 Å². The van der Waals surface area contributed by atoms with Crippen LogP contribution in [0.4, 0.5) is 5.69 Å². The number of hydrogen-bond donors (Lipinski definition) is 0. The van der Waals surface area contributed by atoms with Crippen LogP contribution in [-0.2, 0) is 10.5 Å². The maximum absolute atomic E-state index is 10.8. The molecule has 2 atom stereocenters. The van der Waals surface area contributed by atoms with E-state index in [1.54, 1.807) is 12.1 Å². The Labute approximate surface area is 118 Å². The van der Waals surface area contributed by atoms with Crippen LogP contribution in [0.3, 0.4) is 0 Å². The van der Waals surface area contributed by atoms with Crippen molar-refractivity contribution in [1.29, 1.82) is 0 Å². The number of rotatable bonds is 4. The number of halogens is 1. The SMILES string of the molecule is CC1OCCC1SCc1ccc(Br)c([N+](=O)[O-])c1.